The van der Waals surface area contributed by atoms with Crippen molar-refractivity contribution in [1.82, 2.24) is 5.32 Å². The van der Waals surface area contributed by atoms with Gasteiger partial charge in [-0.2, -0.15) is 0 Å². The van der Waals surface area contributed by atoms with Crippen LogP contribution in [0.15, 0.2) is 47.1 Å². The third-order valence-corrected chi connectivity index (χ3v) is 10.6. The summed E-state index contributed by atoms with van der Waals surface area (Å²) in [5.41, 5.74) is 6.93. The minimum atomic E-state index is 0.0271. The standard InChI is InChI=1S/C29H43NO/c1-20(2)22-7-11-26(4)19-24(17-21(3)25(26)18-22)29-13-9-23-8-12-28(14-15-29,10-6-16-31)27(23,5)30-29/h14-15,17,22-23,30-31H,1,6-13,16,18-19H2,2-5H3. The average Bonchev–Trinajstić information content (AvgIpc) is 3.06. The van der Waals surface area contributed by atoms with Gasteiger partial charge in [0.15, 0.2) is 0 Å². The van der Waals surface area contributed by atoms with Crippen molar-refractivity contribution in [2.45, 2.75) is 103 Å². The number of hydrogen-bond donors (Lipinski definition) is 2. The van der Waals surface area contributed by atoms with Crippen molar-refractivity contribution in [3.63, 3.8) is 0 Å². The molecule has 1 saturated heterocycles. The quantitative estimate of drug-likeness (QED) is 0.488. The molecule has 0 amide bonds. The number of nitrogens with one attached hydrogen (secondary N) is 1. The lowest BCUT2D eigenvalue weighted by molar-refractivity contribution is 0.0448. The summed E-state index contributed by atoms with van der Waals surface area (Å²) in [5.74, 6) is 1.43. The van der Waals surface area contributed by atoms with E-state index in [1.54, 1.807) is 11.1 Å². The maximum absolute atomic E-state index is 9.54. The summed E-state index contributed by atoms with van der Waals surface area (Å²) >= 11 is 0. The van der Waals surface area contributed by atoms with E-state index < -0.39 is 0 Å². The van der Waals surface area contributed by atoms with E-state index in [0.29, 0.717) is 17.9 Å². The highest BCUT2D eigenvalue weighted by molar-refractivity contribution is 5.48. The van der Waals surface area contributed by atoms with Gasteiger partial charge in [-0.15, -0.1) is 0 Å². The van der Waals surface area contributed by atoms with E-state index in [1.807, 2.05) is 0 Å². The van der Waals surface area contributed by atoms with Gasteiger partial charge >= 0.3 is 0 Å². The number of aliphatic hydroxyl groups is 1. The molecule has 2 heteroatoms. The number of rotatable bonds is 5. The van der Waals surface area contributed by atoms with Gasteiger partial charge < -0.3 is 5.11 Å². The lowest BCUT2D eigenvalue weighted by atomic mass is 9.55. The summed E-state index contributed by atoms with van der Waals surface area (Å²) in [6.45, 7) is 14.2. The maximum atomic E-state index is 9.54. The van der Waals surface area contributed by atoms with Crippen LogP contribution in [-0.4, -0.2) is 22.8 Å². The number of hydrogen-bond acceptors (Lipinski definition) is 2. The van der Waals surface area contributed by atoms with Gasteiger partial charge in [-0.25, -0.2) is 0 Å². The average molecular weight is 422 g/mol. The molecule has 31 heavy (non-hydrogen) atoms. The topological polar surface area (TPSA) is 32.3 Å². The van der Waals surface area contributed by atoms with Gasteiger partial charge in [-0.1, -0.05) is 48.5 Å². The van der Waals surface area contributed by atoms with E-state index in [-0.39, 0.29) is 16.5 Å². The molecule has 2 saturated carbocycles. The van der Waals surface area contributed by atoms with Gasteiger partial charge in [-0.3, -0.25) is 5.32 Å². The predicted octanol–water partition coefficient (Wildman–Crippen LogP) is 6.64. The third-order valence-electron chi connectivity index (χ3n) is 10.6. The fraction of sp³-hybridized carbons (Fsp3) is 0.724. The molecule has 2 heterocycles. The Morgan fingerprint density at radius 1 is 1.16 bits per heavy atom. The summed E-state index contributed by atoms with van der Waals surface area (Å²) in [7, 11) is 0. The van der Waals surface area contributed by atoms with Gasteiger partial charge in [-0.05, 0) is 108 Å². The maximum Gasteiger partial charge on any atom is 0.0588 e. The molecule has 6 atom stereocenters. The fourth-order valence-electron chi connectivity index (χ4n) is 8.47. The Labute approximate surface area is 190 Å². The minimum absolute atomic E-state index is 0.0271. The Bertz CT molecular complexity index is 879. The van der Waals surface area contributed by atoms with Crippen LogP contribution in [0.2, 0.25) is 0 Å². The van der Waals surface area contributed by atoms with E-state index in [4.69, 9.17) is 0 Å². The molecule has 0 spiro atoms. The monoisotopic (exact) mass is 421 g/mol. The minimum Gasteiger partial charge on any atom is -0.396 e. The van der Waals surface area contributed by atoms with Crippen molar-refractivity contribution in [3.05, 3.63) is 47.1 Å². The second kappa shape index (κ2) is 7.19. The van der Waals surface area contributed by atoms with E-state index in [9.17, 15) is 5.11 Å². The smallest absolute Gasteiger partial charge is 0.0588 e. The zero-order chi connectivity index (χ0) is 22.1. The molecule has 2 aliphatic heterocycles. The zero-order valence-electron chi connectivity index (χ0n) is 20.3. The van der Waals surface area contributed by atoms with Crippen molar-refractivity contribution in [2.75, 3.05) is 6.61 Å². The van der Waals surface area contributed by atoms with Crippen LogP contribution in [0.25, 0.3) is 0 Å². The van der Waals surface area contributed by atoms with Gasteiger partial charge in [0.05, 0.1) is 5.54 Å². The first-order valence-electron chi connectivity index (χ1n) is 12.8. The summed E-state index contributed by atoms with van der Waals surface area (Å²) in [4.78, 5) is 0. The molecule has 3 fully saturated rings. The lowest BCUT2D eigenvalue weighted by Gasteiger charge is -2.60. The Morgan fingerprint density at radius 3 is 2.68 bits per heavy atom. The van der Waals surface area contributed by atoms with Crippen molar-refractivity contribution >= 4 is 0 Å². The van der Waals surface area contributed by atoms with Crippen LogP contribution in [0.3, 0.4) is 0 Å². The third kappa shape index (κ3) is 3.04. The molecule has 5 rings (SSSR count). The first-order valence-corrected chi connectivity index (χ1v) is 12.8. The van der Waals surface area contributed by atoms with Crippen molar-refractivity contribution < 1.29 is 5.11 Å². The molecule has 2 bridgehead atoms. The van der Waals surface area contributed by atoms with Crippen LogP contribution in [0.1, 0.15) is 91.9 Å². The largest absolute Gasteiger partial charge is 0.396 e. The van der Waals surface area contributed by atoms with Crippen LogP contribution in [0, 0.1) is 22.7 Å². The summed E-state index contributed by atoms with van der Waals surface area (Å²) in [6, 6.07) is 0. The highest BCUT2D eigenvalue weighted by atomic mass is 16.2. The summed E-state index contributed by atoms with van der Waals surface area (Å²) in [5, 5.41) is 13.9. The highest BCUT2D eigenvalue weighted by Gasteiger charge is 2.63. The van der Waals surface area contributed by atoms with Gasteiger partial charge in [0.1, 0.15) is 0 Å². The highest BCUT2D eigenvalue weighted by Crippen LogP contribution is 2.63. The molecule has 170 valence electrons. The Balaban J connectivity index is 1.52. The van der Waals surface area contributed by atoms with Crippen molar-refractivity contribution in [3.8, 4) is 0 Å². The molecular weight excluding hydrogens is 378 g/mol. The predicted molar refractivity (Wildman–Crippen MR) is 130 cm³/mol. The van der Waals surface area contributed by atoms with Gasteiger partial charge in [0, 0.05) is 17.6 Å². The SMILES string of the molecule is C=C(C)C1CCC2(C)CC(C34C=CC5(CCCO)CCC(CC3)C5(C)N4)=CC(C)=C2C1. The van der Waals surface area contributed by atoms with Crippen LogP contribution in [-0.2, 0) is 0 Å². The lowest BCUT2D eigenvalue weighted by Crippen LogP contribution is -2.70. The Hall–Kier alpha value is -1.12. The fourth-order valence-corrected chi connectivity index (χ4v) is 8.47. The summed E-state index contributed by atoms with van der Waals surface area (Å²) < 4.78 is 0. The molecule has 5 aliphatic rings. The van der Waals surface area contributed by atoms with Gasteiger partial charge in [0.2, 0.25) is 0 Å². The van der Waals surface area contributed by atoms with Gasteiger partial charge in [0.25, 0.3) is 0 Å². The summed E-state index contributed by atoms with van der Waals surface area (Å²) in [6.07, 6.45) is 19.9. The molecule has 6 unspecified atom stereocenters. The van der Waals surface area contributed by atoms with Crippen LogP contribution in [0.4, 0.5) is 0 Å². The Morgan fingerprint density at radius 2 is 1.94 bits per heavy atom. The van der Waals surface area contributed by atoms with Crippen molar-refractivity contribution in [2.24, 2.45) is 22.7 Å². The van der Waals surface area contributed by atoms with Crippen LogP contribution >= 0.6 is 0 Å². The number of fused-ring (bicyclic) bond motifs is 2. The molecular formula is C29H43NO. The number of aliphatic hydroxyl groups excluding tert-OH is 1. The van der Waals surface area contributed by atoms with Crippen molar-refractivity contribution in [1.29, 1.82) is 0 Å². The first-order chi connectivity index (χ1) is 14.7. The zero-order valence-corrected chi connectivity index (χ0v) is 20.3. The second-order valence-corrected chi connectivity index (χ2v) is 12.2. The van der Waals surface area contributed by atoms with E-state index in [2.05, 4.69) is 57.8 Å². The van der Waals surface area contributed by atoms with E-state index in [1.165, 1.54) is 62.5 Å². The van der Waals surface area contributed by atoms with Crippen LogP contribution in [0.5, 0.6) is 0 Å². The number of allylic oxidation sites excluding steroid dienone is 4. The Kier molecular flexibility index (Phi) is 5.03. The molecule has 2 N–H and O–H groups in total. The first kappa shape index (κ1) is 21.7. The van der Waals surface area contributed by atoms with Crippen LogP contribution < -0.4 is 5.32 Å². The normalized spacial score (nSPS) is 46.0. The molecule has 3 aliphatic carbocycles. The van der Waals surface area contributed by atoms with E-state index in [0.717, 1.165) is 18.8 Å². The van der Waals surface area contributed by atoms with E-state index >= 15 is 0 Å². The molecule has 0 aromatic carbocycles. The second-order valence-electron chi connectivity index (χ2n) is 12.2. The molecule has 0 radical (unpaired) electrons. The number of piperidine rings is 1. The molecule has 0 aromatic rings. The molecule has 0 aromatic heterocycles. The molecule has 2 nitrogen and oxygen atoms in total.